The molecule has 0 radical (unpaired) electrons. The van der Waals surface area contributed by atoms with Crippen LogP contribution in [0.2, 0.25) is 0 Å². The SMILES string of the molecule is O=C(NNC(=O)[C@@H]1CC=CCC1)c1ccccn1. The van der Waals surface area contributed by atoms with Crippen molar-refractivity contribution >= 4 is 11.8 Å². The van der Waals surface area contributed by atoms with Crippen molar-refractivity contribution in [2.24, 2.45) is 5.92 Å². The first-order valence-corrected chi connectivity index (χ1v) is 5.93. The van der Waals surface area contributed by atoms with Crippen molar-refractivity contribution in [3.05, 3.63) is 42.2 Å². The Balaban J connectivity index is 1.83. The normalized spacial score (nSPS) is 18.1. The van der Waals surface area contributed by atoms with Crippen molar-refractivity contribution in [2.75, 3.05) is 0 Å². The first-order valence-electron chi connectivity index (χ1n) is 5.93. The second-order valence-electron chi connectivity index (χ2n) is 4.14. The van der Waals surface area contributed by atoms with Crippen LogP contribution < -0.4 is 10.9 Å². The molecule has 0 saturated carbocycles. The minimum atomic E-state index is -0.407. The molecule has 0 saturated heterocycles. The van der Waals surface area contributed by atoms with Gasteiger partial charge in [0.15, 0.2) is 0 Å². The molecule has 0 unspecified atom stereocenters. The number of aromatic nitrogens is 1. The van der Waals surface area contributed by atoms with E-state index in [-0.39, 0.29) is 17.5 Å². The van der Waals surface area contributed by atoms with Gasteiger partial charge in [-0.25, -0.2) is 0 Å². The topological polar surface area (TPSA) is 71.1 Å². The van der Waals surface area contributed by atoms with Crippen molar-refractivity contribution in [1.82, 2.24) is 15.8 Å². The summed E-state index contributed by atoms with van der Waals surface area (Å²) in [5, 5.41) is 0. The van der Waals surface area contributed by atoms with E-state index in [0.717, 1.165) is 19.3 Å². The minimum Gasteiger partial charge on any atom is -0.273 e. The highest BCUT2D eigenvalue weighted by molar-refractivity contribution is 5.93. The molecule has 1 aliphatic rings. The number of nitrogens with one attached hydrogen (secondary N) is 2. The molecule has 0 bridgehead atoms. The molecular formula is C13H15N3O2. The number of amides is 2. The van der Waals surface area contributed by atoms with Gasteiger partial charge < -0.3 is 0 Å². The monoisotopic (exact) mass is 245 g/mol. The quantitative estimate of drug-likeness (QED) is 0.607. The van der Waals surface area contributed by atoms with Gasteiger partial charge in [-0.05, 0) is 31.4 Å². The van der Waals surface area contributed by atoms with Gasteiger partial charge in [0.05, 0.1) is 0 Å². The van der Waals surface area contributed by atoms with Crippen LogP contribution in [0.1, 0.15) is 29.8 Å². The van der Waals surface area contributed by atoms with Gasteiger partial charge in [0, 0.05) is 12.1 Å². The number of allylic oxidation sites excluding steroid dienone is 2. The van der Waals surface area contributed by atoms with Crippen molar-refractivity contribution in [3.63, 3.8) is 0 Å². The number of hydrogen-bond acceptors (Lipinski definition) is 3. The van der Waals surface area contributed by atoms with Gasteiger partial charge in [-0.15, -0.1) is 0 Å². The second-order valence-corrected chi connectivity index (χ2v) is 4.14. The molecule has 2 rings (SSSR count). The molecule has 1 atom stereocenters. The summed E-state index contributed by atoms with van der Waals surface area (Å²) in [5.74, 6) is -0.613. The summed E-state index contributed by atoms with van der Waals surface area (Å²) >= 11 is 0. The van der Waals surface area contributed by atoms with Crippen LogP contribution in [0.15, 0.2) is 36.5 Å². The number of rotatable bonds is 2. The van der Waals surface area contributed by atoms with E-state index in [1.807, 2.05) is 6.08 Å². The highest BCUT2D eigenvalue weighted by atomic mass is 16.2. The maximum absolute atomic E-state index is 11.8. The molecule has 1 aromatic heterocycles. The fourth-order valence-corrected chi connectivity index (χ4v) is 1.81. The zero-order chi connectivity index (χ0) is 12.8. The lowest BCUT2D eigenvalue weighted by molar-refractivity contribution is -0.126. The number of hydrazine groups is 1. The first kappa shape index (κ1) is 12.3. The van der Waals surface area contributed by atoms with Gasteiger partial charge in [-0.3, -0.25) is 25.4 Å². The zero-order valence-corrected chi connectivity index (χ0v) is 9.93. The summed E-state index contributed by atoms with van der Waals surface area (Å²) in [5.41, 5.74) is 5.09. The van der Waals surface area contributed by atoms with Crippen LogP contribution in [0.5, 0.6) is 0 Å². The summed E-state index contributed by atoms with van der Waals surface area (Å²) in [6.45, 7) is 0. The van der Waals surface area contributed by atoms with Gasteiger partial charge >= 0.3 is 0 Å². The van der Waals surface area contributed by atoms with Crippen LogP contribution in [0, 0.1) is 5.92 Å². The van der Waals surface area contributed by atoms with Gasteiger partial charge in [0.25, 0.3) is 5.91 Å². The highest BCUT2D eigenvalue weighted by Gasteiger charge is 2.19. The Bertz CT molecular complexity index is 457. The third-order valence-electron chi connectivity index (χ3n) is 2.84. The Labute approximate surface area is 105 Å². The Morgan fingerprint density at radius 1 is 1.22 bits per heavy atom. The molecule has 0 spiro atoms. The van der Waals surface area contributed by atoms with Crippen molar-refractivity contribution in [1.29, 1.82) is 0 Å². The Hall–Kier alpha value is -2.17. The predicted octanol–water partition coefficient (Wildman–Crippen LogP) is 1.20. The first-order chi connectivity index (χ1) is 8.77. The van der Waals surface area contributed by atoms with Gasteiger partial charge in [0.2, 0.25) is 5.91 Å². The molecule has 1 aliphatic carbocycles. The average molecular weight is 245 g/mol. The van der Waals surface area contributed by atoms with Crippen molar-refractivity contribution in [2.45, 2.75) is 19.3 Å². The Morgan fingerprint density at radius 2 is 2.11 bits per heavy atom. The summed E-state index contributed by atoms with van der Waals surface area (Å²) in [6, 6.07) is 5.03. The molecule has 5 heteroatoms. The molecule has 0 fully saturated rings. The Kier molecular flexibility index (Phi) is 4.06. The molecule has 1 aromatic rings. The van der Waals surface area contributed by atoms with E-state index >= 15 is 0 Å². The molecule has 5 nitrogen and oxygen atoms in total. The smallest absolute Gasteiger partial charge is 0.273 e. The molecule has 94 valence electrons. The molecule has 0 aliphatic heterocycles. The Morgan fingerprint density at radius 3 is 2.78 bits per heavy atom. The van der Waals surface area contributed by atoms with Gasteiger partial charge in [-0.1, -0.05) is 18.2 Å². The van der Waals surface area contributed by atoms with E-state index < -0.39 is 5.91 Å². The molecule has 0 aromatic carbocycles. The lowest BCUT2D eigenvalue weighted by Gasteiger charge is -2.17. The lowest BCUT2D eigenvalue weighted by atomic mass is 9.94. The van der Waals surface area contributed by atoms with E-state index in [0.29, 0.717) is 0 Å². The molecule has 2 N–H and O–H groups in total. The molecule has 18 heavy (non-hydrogen) atoms. The largest absolute Gasteiger partial charge is 0.288 e. The van der Waals surface area contributed by atoms with Crippen LogP contribution in [0.3, 0.4) is 0 Å². The third-order valence-corrected chi connectivity index (χ3v) is 2.84. The van der Waals surface area contributed by atoms with Crippen molar-refractivity contribution in [3.8, 4) is 0 Å². The number of hydrogen-bond donors (Lipinski definition) is 2. The molecule has 1 heterocycles. The predicted molar refractivity (Wildman–Crippen MR) is 66.3 cm³/mol. The fourth-order valence-electron chi connectivity index (χ4n) is 1.81. The van der Waals surface area contributed by atoms with Crippen LogP contribution in [-0.4, -0.2) is 16.8 Å². The number of carbonyl (C=O) groups excluding carboxylic acids is 2. The van der Waals surface area contributed by atoms with Crippen LogP contribution in [-0.2, 0) is 4.79 Å². The number of carbonyl (C=O) groups is 2. The maximum Gasteiger partial charge on any atom is 0.288 e. The van der Waals surface area contributed by atoms with Gasteiger partial charge in [0.1, 0.15) is 5.69 Å². The molecular weight excluding hydrogens is 230 g/mol. The molecule has 2 amide bonds. The number of pyridine rings is 1. The minimum absolute atomic E-state index is 0.0565. The van der Waals surface area contributed by atoms with Crippen LogP contribution in [0.4, 0.5) is 0 Å². The van der Waals surface area contributed by atoms with Crippen LogP contribution in [0.25, 0.3) is 0 Å². The second kappa shape index (κ2) is 5.95. The zero-order valence-electron chi connectivity index (χ0n) is 9.93. The summed E-state index contributed by atoms with van der Waals surface area (Å²) in [7, 11) is 0. The highest BCUT2D eigenvalue weighted by Crippen LogP contribution is 2.17. The van der Waals surface area contributed by atoms with E-state index in [4.69, 9.17) is 0 Å². The maximum atomic E-state index is 11.8. The summed E-state index contributed by atoms with van der Waals surface area (Å²) in [6.07, 6.45) is 8.05. The fraction of sp³-hybridized carbons (Fsp3) is 0.308. The van der Waals surface area contributed by atoms with Crippen LogP contribution >= 0.6 is 0 Å². The van der Waals surface area contributed by atoms with E-state index in [2.05, 4.69) is 21.9 Å². The third kappa shape index (κ3) is 3.16. The van der Waals surface area contributed by atoms with Gasteiger partial charge in [-0.2, -0.15) is 0 Å². The van der Waals surface area contributed by atoms with Crippen molar-refractivity contribution < 1.29 is 9.59 Å². The summed E-state index contributed by atoms with van der Waals surface area (Å²) < 4.78 is 0. The standard InChI is InChI=1S/C13H15N3O2/c17-12(10-6-2-1-3-7-10)15-16-13(18)11-8-4-5-9-14-11/h1-2,4-5,8-10H,3,6-7H2,(H,15,17)(H,16,18)/t10-/m1/s1. The lowest BCUT2D eigenvalue weighted by Crippen LogP contribution is -2.44. The number of nitrogens with zero attached hydrogens (tertiary/aromatic N) is 1. The van der Waals surface area contributed by atoms with E-state index in [9.17, 15) is 9.59 Å². The summed E-state index contributed by atoms with van der Waals surface area (Å²) in [4.78, 5) is 27.3. The average Bonchev–Trinajstić information content (AvgIpc) is 2.46. The van der Waals surface area contributed by atoms with E-state index in [1.165, 1.54) is 6.20 Å². The van der Waals surface area contributed by atoms with E-state index in [1.54, 1.807) is 18.2 Å².